The van der Waals surface area contributed by atoms with Crippen LogP contribution in [-0.2, 0) is 4.79 Å². The third kappa shape index (κ3) is 2.11. The maximum Gasteiger partial charge on any atom is 0.312 e. The smallest absolute Gasteiger partial charge is 0.312 e. The highest BCUT2D eigenvalue weighted by atomic mass is 16.5. The Balaban J connectivity index is 2.20. The lowest BCUT2D eigenvalue weighted by Crippen LogP contribution is -2.22. The zero-order chi connectivity index (χ0) is 14.3. The van der Waals surface area contributed by atoms with Crippen LogP contribution in [0.15, 0.2) is 36.4 Å². The summed E-state index contributed by atoms with van der Waals surface area (Å²) in [5, 5.41) is 0. The molecule has 0 N–H and O–H groups in total. The van der Waals surface area contributed by atoms with Crippen molar-refractivity contribution in [2.75, 3.05) is 0 Å². The molecule has 1 atom stereocenters. The molecule has 0 aliphatic carbocycles. The van der Waals surface area contributed by atoms with Gasteiger partial charge in [0.1, 0.15) is 5.75 Å². The Bertz CT molecular complexity index is 686. The lowest BCUT2D eigenvalue weighted by molar-refractivity contribution is -0.135. The van der Waals surface area contributed by atoms with Gasteiger partial charge in [0.15, 0.2) is 0 Å². The Hall–Kier alpha value is -2.09. The van der Waals surface area contributed by atoms with Crippen LogP contribution in [0.1, 0.15) is 40.2 Å². The number of hydrogen-bond donors (Lipinski definition) is 0. The summed E-state index contributed by atoms with van der Waals surface area (Å²) in [6.45, 7) is 6.22. The Morgan fingerprint density at radius 3 is 2.55 bits per heavy atom. The summed E-state index contributed by atoms with van der Waals surface area (Å²) >= 11 is 0. The molecule has 0 spiro atoms. The molecule has 0 bridgehead atoms. The summed E-state index contributed by atoms with van der Waals surface area (Å²) in [6.07, 6.45) is 0.418. The zero-order valence-corrected chi connectivity index (χ0v) is 12.1. The molecule has 2 heteroatoms. The van der Waals surface area contributed by atoms with Crippen LogP contribution >= 0.6 is 0 Å². The van der Waals surface area contributed by atoms with Gasteiger partial charge in [0.05, 0.1) is 6.42 Å². The Morgan fingerprint density at radius 2 is 1.80 bits per heavy atom. The highest BCUT2D eigenvalue weighted by Crippen LogP contribution is 2.42. The quantitative estimate of drug-likeness (QED) is 0.575. The van der Waals surface area contributed by atoms with Crippen LogP contribution in [0.3, 0.4) is 0 Å². The first kappa shape index (κ1) is 12.9. The minimum atomic E-state index is -0.143. The second kappa shape index (κ2) is 4.78. The normalized spacial score (nSPS) is 17.6. The van der Waals surface area contributed by atoms with Crippen molar-refractivity contribution >= 4 is 5.97 Å². The standard InChI is InChI=1S/C18H18O2/c1-11-8-13(3)18-15(10-17(19)20-16(18)9-11)14-7-5-4-6-12(14)2/h4-9,15H,10H2,1-3H3/t15-/m0/s1. The first-order chi connectivity index (χ1) is 9.56. The van der Waals surface area contributed by atoms with Gasteiger partial charge in [-0.15, -0.1) is 0 Å². The third-order valence-electron chi connectivity index (χ3n) is 4.00. The van der Waals surface area contributed by atoms with E-state index in [-0.39, 0.29) is 11.9 Å². The van der Waals surface area contributed by atoms with Crippen molar-refractivity contribution in [1.29, 1.82) is 0 Å². The molecule has 0 fully saturated rings. The molecule has 102 valence electrons. The number of aryl methyl sites for hydroxylation is 3. The molecular formula is C18H18O2. The maximum atomic E-state index is 11.9. The number of fused-ring (bicyclic) bond motifs is 1. The number of benzene rings is 2. The molecule has 0 radical (unpaired) electrons. The number of esters is 1. The number of carbonyl (C=O) groups is 1. The third-order valence-corrected chi connectivity index (χ3v) is 4.00. The van der Waals surface area contributed by atoms with Gasteiger partial charge in [-0.25, -0.2) is 0 Å². The molecule has 1 heterocycles. The fourth-order valence-electron chi connectivity index (χ4n) is 3.15. The predicted octanol–water partition coefficient (Wildman–Crippen LogP) is 4.05. The molecule has 0 saturated heterocycles. The van der Waals surface area contributed by atoms with Gasteiger partial charge in [-0.2, -0.15) is 0 Å². The van der Waals surface area contributed by atoms with Crippen molar-refractivity contribution in [2.24, 2.45) is 0 Å². The number of ether oxygens (including phenoxy) is 1. The van der Waals surface area contributed by atoms with E-state index in [0.717, 1.165) is 16.9 Å². The molecule has 3 rings (SSSR count). The van der Waals surface area contributed by atoms with Gasteiger partial charge < -0.3 is 4.74 Å². The fourth-order valence-corrected chi connectivity index (χ4v) is 3.15. The number of carbonyl (C=O) groups excluding carboxylic acids is 1. The molecule has 2 aromatic rings. The van der Waals surface area contributed by atoms with Crippen molar-refractivity contribution < 1.29 is 9.53 Å². The Kier molecular flexibility index (Phi) is 3.09. The summed E-state index contributed by atoms with van der Waals surface area (Å²) in [7, 11) is 0. The lowest BCUT2D eigenvalue weighted by Gasteiger charge is -2.28. The Labute approximate surface area is 119 Å². The molecule has 0 amide bonds. The average molecular weight is 266 g/mol. The minimum absolute atomic E-state index is 0.105. The average Bonchev–Trinajstić information content (AvgIpc) is 2.37. The second-order valence-electron chi connectivity index (χ2n) is 5.58. The molecule has 0 aromatic heterocycles. The summed E-state index contributed by atoms with van der Waals surface area (Å²) < 4.78 is 5.45. The largest absolute Gasteiger partial charge is 0.426 e. The van der Waals surface area contributed by atoms with Crippen LogP contribution in [0.2, 0.25) is 0 Å². The van der Waals surface area contributed by atoms with Crippen LogP contribution in [0, 0.1) is 20.8 Å². The van der Waals surface area contributed by atoms with E-state index < -0.39 is 0 Å². The predicted molar refractivity (Wildman–Crippen MR) is 79.2 cm³/mol. The Morgan fingerprint density at radius 1 is 1.05 bits per heavy atom. The molecular weight excluding hydrogens is 248 g/mol. The number of rotatable bonds is 1. The van der Waals surface area contributed by atoms with Gasteiger partial charge in [0.25, 0.3) is 0 Å². The highest BCUT2D eigenvalue weighted by molar-refractivity contribution is 5.78. The van der Waals surface area contributed by atoms with E-state index in [1.807, 2.05) is 25.1 Å². The van der Waals surface area contributed by atoms with Gasteiger partial charge in [-0.3, -0.25) is 4.79 Å². The summed E-state index contributed by atoms with van der Waals surface area (Å²) in [6, 6.07) is 12.4. The van der Waals surface area contributed by atoms with Gasteiger partial charge in [0.2, 0.25) is 0 Å². The zero-order valence-electron chi connectivity index (χ0n) is 12.1. The van der Waals surface area contributed by atoms with Gasteiger partial charge in [-0.1, -0.05) is 30.3 Å². The first-order valence-corrected chi connectivity index (χ1v) is 6.93. The van der Waals surface area contributed by atoms with E-state index in [1.54, 1.807) is 0 Å². The molecule has 2 aromatic carbocycles. The van der Waals surface area contributed by atoms with Crippen molar-refractivity contribution in [3.63, 3.8) is 0 Å². The second-order valence-corrected chi connectivity index (χ2v) is 5.58. The molecule has 1 aliphatic heterocycles. The minimum Gasteiger partial charge on any atom is -0.426 e. The maximum absolute atomic E-state index is 11.9. The monoisotopic (exact) mass is 266 g/mol. The van der Waals surface area contributed by atoms with E-state index in [4.69, 9.17) is 4.74 Å². The van der Waals surface area contributed by atoms with Crippen molar-refractivity contribution in [3.05, 3.63) is 64.2 Å². The van der Waals surface area contributed by atoms with E-state index in [9.17, 15) is 4.79 Å². The fraction of sp³-hybridized carbons (Fsp3) is 0.278. The van der Waals surface area contributed by atoms with E-state index >= 15 is 0 Å². The van der Waals surface area contributed by atoms with Crippen molar-refractivity contribution in [1.82, 2.24) is 0 Å². The molecule has 2 nitrogen and oxygen atoms in total. The van der Waals surface area contributed by atoms with E-state index in [0.29, 0.717) is 6.42 Å². The molecule has 20 heavy (non-hydrogen) atoms. The first-order valence-electron chi connectivity index (χ1n) is 6.93. The van der Waals surface area contributed by atoms with Crippen molar-refractivity contribution in [2.45, 2.75) is 33.1 Å². The molecule has 0 unspecified atom stereocenters. The SMILES string of the molecule is Cc1cc(C)c2c(c1)OC(=O)C[C@H]2c1ccccc1C. The number of hydrogen-bond acceptors (Lipinski definition) is 2. The molecule has 0 saturated carbocycles. The van der Waals surface area contributed by atoms with Crippen molar-refractivity contribution in [3.8, 4) is 5.75 Å². The van der Waals surface area contributed by atoms with Gasteiger partial charge in [-0.05, 0) is 49.1 Å². The van der Waals surface area contributed by atoms with E-state index in [2.05, 4.69) is 32.0 Å². The van der Waals surface area contributed by atoms with Crippen LogP contribution in [0.4, 0.5) is 0 Å². The topological polar surface area (TPSA) is 26.3 Å². The van der Waals surface area contributed by atoms with Crippen LogP contribution in [0.5, 0.6) is 5.75 Å². The molecule has 1 aliphatic rings. The van der Waals surface area contributed by atoms with Gasteiger partial charge in [0, 0.05) is 11.5 Å². The van der Waals surface area contributed by atoms with Gasteiger partial charge >= 0.3 is 5.97 Å². The van der Waals surface area contributed by atoms with Crippen LogP contribution < -0.4 is 4.74 Å². The van der Waals surface area contributed by atoms with Crippen LogP contribution in [0.25, 0.3) is 0 Å². The summed E-state index contributed by atoms with van der Waals surface area (Å²) in [4.78, 5) is 11.9. The summed E-state index contributed by atoms with van der Waals surface area (Å²) in [5.74, 6) is 0.691. The lowest BCUT2D eigenvalue weighted by atomic mass is 9.82. The van der Waals surface area contributed by atoms with E-state index in [1.165, 1.54) is 16.7 Å². The summed E-state index contributed by atoms with van der Waals surface area (Å²) in [5.41, 5.74) is 5.92. The van der Waals surface area contributed by atoms with Crippen LogP contribution in [-0.4, -0.2) is 5.97 Å². The highest BCUT2D eigenvalue weighted by Gasteiger charge is 2.30.